The van der Waals surface area contributed by atoms with E-state index in [4.69, 9.17) is 16.3 Å². The Kier molecular flexibility index (Phi) is 6.54. The number of guanidine groups is 1. The van der Waals surface area contributed by atoms with Crippen molar-refractivity contribution in [2.45, 2.75) is 19.5 Å². The molecular weight excluding hydrogens is 250 g/mol. The van der Waals surface area contributed by atoms with Gasteiger partial charge in [-0.15, -0.1) is 0 Å². The zero-order valence-electron chi connectivity index (χ0n) is 11.0. The third-order valence-corrected chi connectivity index (χ3v) is 2.65. The van der Waals surface area contributed by atoms with E-state index in [2.05, 4.69) is 15.6 Å². The van der Waals surface area contributed by atoms with Crippen LogP contribution in [0.15, 0.2) is 29.3 Å². The quantitative estimate of drug-likeness (QED) is 0.635. The summed E-state index contributed by atoms with van der Waals surface area (Å²) in [7, 11) is 3.43. The Morgan fingerprint density at radius 1 is 1.39 bits per heavy atom. The molecule has 1 atom stereocenters. The van der Waals surface area contributed by atoms with Gasteiger partial charge in [-0.25, -0.2) is 0 Å². The molecule has 0 aliphatic heterocycles. The van der Waals surface area contributed by atoms with Gasteiger partial charge < -0.3 is 15.4 Å². The fourth-order valence-electron chi connectivity index (χ4n) is 1.51. The third-order valence-electron chi connectivity index (χ3n) is 2.40. The largest absolute Gasteiger partial charge is 0.383 e. The van der Waals surface area contributed by atoms with Crippen LogP contribution in [0.3, 0.4) is 0 Å². The van der Waals surface area contributed by atoms with Crippen LogP contribution >= 0.6 is 11.6 Å². The summed E-state index contributed by atoms with van der Waals surface area (Å²) in [6, 6.07) is 7.94. The van der Waals surface area contributed by atoms with Gasteiger partial charge in [0.1, 0.15) is 0 Å². The van der Waals surface area contributed by atoms with Crippen LogP contribution in [-0.4, -0.2) is 32.8 Å². The maximum Gasteiger partial charge on any atom is 0.191 e. The van der Waals surface area contributed by atoms with Gasteiger partial charge in [0, 0.05) is 31.8 Å². The standard InChI is InChI=1S/C13H20ClN3O/c1-10(9-18-3)17-13(15-2)16-8-11-4-6-12(14)7-5-11/h4-7,10H,8-9H2,1-3H3,(H2,15,16,17). The second-order valence-electron chi connectivity index (χ2n) is 4.05. The minimum atomic E-state index is 0.214. The smallest absolute Gasteiger partial charge is 0.191 e. The summed E-state index contributed by atoms with van der Waals surface area (Å²) in [5, 5.41) is 7.22. The number of methoxy groups -OCH3 is 1. The number of aliphatic imine (C=N–C) groups is 1. The van der Waals surface area contributed by atoms with Crippen molar-refractivity contribution in [1.29, 1.82) is 0 Å². The van der Waals surface area contributed by atoms with Crippen molar-refractivity contribution in [2.24, 2.45) is 4.99 Å². The van der Waals surface area contributed by atoms with E-state index in [1.807, 2.05) is 31.2 Å². The molecule has 18 heavy (non-hydrogen) atoms. The highest BCUT2D eigenvalue weighted by molar-refractivity contribution is 6.30. The topological polar surface area (TPSA) is 45.7 Å². The maximum absolute atomic E-state index is 5.83. The second kappa shape index (κ2) is 7.95. The second-order valence-corrected chi connectivity index (χ2v) is 4.49. The summed E-state index contributed by atoms with van der Waals surface area (Å²) in [6.45, 7) is 3.39. The number of hydrogen-bond acceptors (Lipinski definition) is 2. The average Bonchev–Trinajstić information content (AvgIpc) is 2.36. The van der Waals surface area contributed by atoms with Crippen molar-refractivity contribution in [3.63, 3.8) is 0 Å². The monoisotopic (exact) mass is 269 g/mol. The molecule has 0 aromatic heterocycles. The van der Waals surface area contributed by atoms with E-state index in [-0.39, 0.29) is 6.04 Å². The fraction of sp³-hybridized carbons (Fsp3) is 0.462. The third kappa shape index (κ3) is 5.38. The first kappa shape index (κ1) is 14.8. The Labute approximate surface area is 113 Å². The summed E-state index contributed by atoms with van der Waals surface area (Å²) in [4.78, 5) is 4.16. The predicted octanol–water partition coefficient (Wildman–Crippen LogP) is 2.04. The van der Waals surface area contributed by atoms with Crippen molar-refractivity contribution < 1.29 is 4.74 Å². The van der Waals surface area contributed by atoms with Crippen molar-refractivity contribution in [2.75, 3.05) is 20.8 Å². The molecule has 1 rings (SSSR count). The van der Waals surface area contributed by atoms with Crippen molar-refractivity contribution >= 4 is 17.6 Å². The van der Waals surface area contributed by atoms with Crippen molar-refractivity contribution in [3.05, 3.63) is 34.9 Å². The molecule has 0 radical (unpaired) electrons. The summed E-state index contributed by atoms with van der Waals surface area (Å²) in [6.07, 6.45) is 0. The van der Waals surface area contributed by atoms with Crippen molar-refractivity contribution in [1.82, 2.24) is 10.6 Å². The Morgan fingerprint density at radius 3 is 2.61 bits per heavy atom. The molecule has 1 unspecified atom stereocenters. The zero-order valence-corrected chi connectivity index (χ0v) is 11.8. The van der Waals surface area contributed by atoms with Gasteiger partial charge in [0.15, 0.2) is 5.96 Å². The van der Waals surface area contributed by atoms with E-state index in [1.165, 1.54) is 0 Å². The molecule has 4 nitrogen and oxygen atoms in total. The highest BCUT2D eigenvalue weighted by Crippen LogP contribution is 2.08. The molecule has 5 heteroatoms. The molecule has 0 fully saturated rings. The Morgan fingerprint density at radius 2 is 2.06 bits per heavy atom. The normalized spacial score (nSPS) is 13.2. The number of benzene rings is 1. The highest BCUT2D eigenvalue weighted by Gasteiger charge is 2.04. The molecular formula is C13H20ClN3O. The number of nitrogens with zero attached hydrogens (tertiary/aromatic N) is 1. The summed E-state index contributed by atoms with van der Waals surface area (Å²) < 4.78 is 5.07. The minimum Gasteiger partial charge on any atom is -0.383 e. The van der Waals surface area contributed by atoms with Gasteiger partial charge in [0.25, 0.3) is 0 Å². The lowest BCUT2D eigenvalue weighted by Gasteiger charge is -2.17. The first-order valence-corrected chi connectivity index (χ1v) is 6.24. The predicted molar refractivity (Wildman–Crippen MR) is 76.1 cm³/mol. The number of ether oxygens (including phenoxy) is 1. The molecule has 0 saturated heterocycles. The van der Waals surface area contributed by atoms with E-state index >= 15 is 0 Å². The fourth-order valence-corrected chi connectivity index (χ4v) is 1.63. The van der Waals surface area contributed by atoms with E-state index in [0.29, 0.717) is 13.2 Å². The van der Waals surface area contributed by atoms with Gasteiger partial charge in [0.05, 0.1) is 6.61 Å². The molecule has 2 N–H and O–H groups in total. The summed E-state index contributed by atoms with van der Waals surface area (Å²) in [5.74, 6) is 0.759. The molecule has 0 amide bonds. The van der Waals surface area contributed by atoms with Gasteiger partial charge in [-0.2, -0.15) is 0 Å². The molecule has 0 saturated carbocycles. The first-order chi connectivity index (χ1) is 8.65. The van der Waals surface area contributed by atoms with Gasteiger partial charge in [0.2, 0.25) is 0 Å². The zero-order chi connectivity index (χ0) is 13.4. The van der Waals surface area contributed by atoms with Gasteiger partial charge in [-0.1, -0.05) is 23.7 Å². The first-order valence-electron chi connectivity index (χ1n) is 5.86. The molecule has 0 spiro atoms. The van der Waals surface area contributed by atoms with E-state index in [9.17, 15) is 0 Å². The molecule has 0 aliphatic rings. The molecule has 0 bridgehead atoms. The lowest BCUT2D eigenvalue weighted by molar-refractivity contribution is 0.179. The number of hydrogen-bond donors (Lipinski definition) is 2. The van der Waals surface area contributed by atoms with Crippen LogP contribution in [-0.2, 0) is 11.3 Å². The van der Waals surface area contributed by atoms with Crippen LogP contribution in [0, 0.1) is 0 Å². The van der Waals surface area contributed by atoms with E-state index in [1.54, 1.807) is 14.2 Å². The number of nitrogens with one attached hydrogen (secondary N) is 2. The maximum atomic E-state index is 5.83. The van der Waals surface area contributed by atoms with Crippen LogP contribution in [0.4, 0.5) is 0 Å². The Balaban J connectivity index is 2.42. The molecule has 1 aromatic carbocycles. The van der Waals surface area contributed by atoms with Crippen LogP contribution in [0.2, 0.25) is 5.02 Å². The lowest BCUT2D eigenvalue weighted by Crippen LogP contribution is -2.43. The summed E-state index contributed by atoms with van der Waals surface area (Å²) >= 11 is 5.83. The van der Waals surface area contributed by atoms with Gasteiger partial charge in [-0.05, 0) is 24.6 Å². The SMILES string of the molecule is CN=C(NCc1ccc(Cl)cc1)NC(C)COC. The van der Waals surface area contributed by atoms with Gasteiger partial charge >= 0.3 is 0 Å². The van der Waals surface area contributed by atoms with Crippen LogP contribution < -0.4 is 10.6 Å². The Bertz CT molecular complexity index is 378. The van der Waals surface area contributed by atoms with Crippen molar-refractivity contribution in [3.8, 4) is 0 Å². The average molecular weight is 270 g/mol. The Hall–Kier alpha value is -1.26. The summed E-state index contributed by atoms with van der Waals surface area (Å²) in [5.41, 5.74) is 1.15. The van der Waals surface area contributed by atoms with Gasteiger partial charge in [-0.3, -0.25) is 4.99 Å². The molecule has 1 aromatic rings. The molecule has 0 aliphatic carbocycles. The number of halogens is 1. The van der Waals surface area contributed by atoms with Crippen LogP contribution in [0.5, 0.6) is 0 Å². The van der Waals surface area contributed by atoms with Crippen LogP contribution in [0.1, 0.15) is 12.5 Å². The van der Waals surface area contributed by atoms with E-state index < -0.39 is 0 Å². The van der Waals surface area contributed by atoms with E-state index in [0.717, 1.165) is 16.5 Å². The minimum absolute atomic E-state index is 0.214. The molecule has 100 valence electrons. The van der Waals surface area contributed by atoms with Crippen LogP contribution in [0.25, 0.3) is 0 Å². The molecule has 0 heterocycles. The number of rotatable bonds is 5. The highest BCUT2D eigenvalue weighted by atomic mass is 35.5. The lowest BCUT2D eigenvalue weighted by atomic mass is 10.2.